The molecule has 0 fully saturated rings. The van der Waals surface area contributed by atoms with Crippen LogP contribution in [0.2, 0.25) is 0 Å². The van der Waals surface area contributed by atoms with Gasteiger partial charge < -0.3 is 0 Å². The van der Waals surface area contributed by atoms with Crippen LogP contribution in [0.3, 0.4) is 0 Å². The van der Waals surface area contributed by atoms with Gasteiger partial charge in [-0.15, -0.1) is 0 Å². The highest BCUT2D eigenvalue weighted by Gasteiger charge is 2.10. The molecule has 12 heavy (non-hydrogen) atoms. The molecule has 0 atom stereocenters. The van der Waals surface area contributed by atoms with E-state index < -0.39 is 0 Å². The van der Waals surface area contributed by atoms with E-state index in [-0.39, 0.29) is 0 Å². The maximum atomic E-state index is 8.65. The average molecular weight is 155 g/mol. The summed E-state index contributed by atoms with van der Waals surface area (Å²) >= 11 is 0. The monoisotopic (exact) mass is 155 g/mol. The predicted molar refractivity (Wildman–Crippen MR) is 45.1 cm³/mol. The number of rotatable bonds is 0. The van der Waals surface area contributed by atoms with Gasteiger partial charge >= 0.3 is 0 Å². The first-order valence-electron chi connectivity index (χ1n) is 3.46. The highest BCUT2D eigenvalue weighted by Crippen LogP contribution is 2.13. The third-order valence-electron chi connectivity index (χ3n) is 1.69. The van der Waals surface area contributed by atoms with Gasteiger partial charge in [0.1, 0.15) is 17.2 Å². The number of hydrogen-bond acceptors (Lipinski definition) is 2. The molecule has 0 aromatic heterocycles. The van der Waals surface area contributed by atoms with Crippen molar-refractivity contribution in [2.45, 2.75) is 6.92 Å². The minimum Gasteiger partial charge on any atom is -0.191 e. The first-order valence-corrected chi connectivity index (χ1v) is 3.46. The highest BCUT2D eigenvalue weighted by molar-refractivity contribution is 5.49. The van der Waals surface area contributed by atoms with Crippen molar-refractivity contribution in [1.29, 1.82) is 10.5 Å². The van der Waals surface area contributed by atoms with Crippen LogP contribution in [0.4, 0.5) is 0 Å². The first-order chi connectivity index (χ1) is 5.69. The summed E-state index contributed by atoms with van der Waals surface area (Å²) in [5.41, 5.74) is 2.55. The van der Waals surface area contributed by atoms with Crippen molar-refractivity contribution >= 4 is 0 Å². The van der Waals surface area contributed by atoms with Crippen molar-refractivity contribution in [3.63, 3.8) is 0 Å². The zero-order chi connectivity index (χ0) is 9.14. The highest BCUT2D eigenvalue weighted by atomic mass is 14.3. The van der Waals surface area contributed by atoms with E-state index in [2.05, 4.69) is 6.92 Å². The molecule has 0 radical (unpaired) electrons. The largest absolute Gasteiger partial charge is 0.191 e. The lowest BCUT2D eigenvalue weighted by Gasteiger charge is -1.92. The third kappa shape index (κ3) is 1.24. The number of aryl methyl sites for hydroxylation is 1. The quantitative estimate of drug-likeness (QED) is 0.537. The maximum Gasteiger partial charge on any atom is 0.169 e. The Labute approximate surface area is 71.7 Å². The Balaban J connectivity index is 3.41. The van der Waals surface area contributed by atoms with Crippen LogP contribution >= 0.6 is 0 Å². The SMILES string of the molecule is [CH2+]c1cc(C#N)c(C)cc1C#N. The van der Waals surface area contributed by atoms with E-state index in [1.807, 2.05) is 12.1 Å². The van der Waals surface area contributed by atoms with Crippen molar-refractivity contribution in [3.05, 3.63) is 41.3 Å². The molecule has 1 aromatic carbocycles. The van der Waals surface area contributed by atoms with Gasteiger partial charge in [-0.05, 0) is 12.5 Å². The van der Waals surface area contributed by atoms with Crippen LogP contribution in [-0.4, -0.2) is 0 Å². The molecule has 0 N–H and O–H groups in total. The molecular weight excluding hydrogens is 148 g/mol. The van der Waals surface area contributed by atoms with Crippen LogP contribution < -0.4 is 0 Å². The standard InChI is InChI=1S/C10H7N2/c1-7-3-10(6-12)8(2)4-9(7)5-11/h3-4H,1H2,2H3/q+1. The van der Waals surface area contributed by atoms with Crippen LogP contribution in [0, 0.1) is 36.5 Å². The van der Waals surface area contributed by atoms with Crippen molar-refractivity contribution in [2.24, 2.45) is 0 Å². The topological polar surface area (TPSA) is 47.6 Å². The summed E-state index contributed by atoms with van der Waals surface area (Å²) in [6.45, 7) is 5.47. The summed E-state index contributed by atoms with van der Waals surface area (Å²) in [6.07, 6.45) is 0. The summed E-state index contributed by atoms with van der Waals surface area (Å²) in [7, 11) is 0. The second-order valence-corrected chi connectivity index (χ2v) is 2.55. The van der Waals surface area contributed by atoms with Crippen molar-refractivity contribution in [1.82, 2.24) is 0 Å². The van der Waals surface area contributed by atoms with E-state index in [4.69, 9.17) is 10.5 Å². The summed E-state index contributed by atoms with van der Waals surface area (Å²) in [5, 5.41) is 17.3. The third-order valence-corrected chi connectivity index (χ3v) is 1.69. The maximum absolute atomic E-state index is 8.65. The van der Waals surface area contributed by atoms with Crippen molar-refractivity contribution in [2.75, 3.05) is 0 Å². The minimum atomic E-state index is 0.534. The van der Waals surface area contributed by atoms with Gasteiger partial charge in [-0.25, -0.2) is 0 Å². The fraction of sp³-hybridized carbons (Fsp3) is 0.100. The van der Waals surface area contributed by atoms with E-state index in [1.165, 1.54) is 0 Å². The molecule has 56 valence electrons. The zero-order valence-corrected chi connectivity index (χ0v) is 6.76. The van der Waals surface area contributed by atoms with Gasteiger partial charge in [-0.3, -0.25) is 0 Å². The minimum absolute atomic E-state index is 0.534. The van der Waals surface area contributed by atoms with Crippen LogP contribution in [-0.2, 0) is 0 Å². The van der Waals surface area contributed by atoms with Crippen LogP contribution in [0.5, 0.6) is 0 Å². The fourth-order valence-corrected chi connectivity index (χ4v) is 0.977. The Bertz CT molecular complexity index is 352. The lowest BCUT2D eigenvalue weighted by molar-refractivity contribution is 1.35. The van der Waals surface area contributed by atoms with Gasteiger partial charge in [0.25, 0.3) is 0 Å². The molecule has 0 saturated heterocycles. The fourth-order valence-electron chi connectivity index (χ4n) is 0.977. The molecule has 0 amide bonds. The molecule has 0 aliphatic heterocycles. The number of nitrogens with zero attached hydrogens (tertiary/aromatic N) is 2. The van der Waals surface area contributed by atoms with Crippen LogP contribution in [0.1, 0.15) is 22.3 Å². The summed E-state index contributed by atoms with van der Waals surface area (Å²) in [5.74, 6) is 0. The molecule has 0 bridgehead atoms. The van der Waals surface area contributed by atoms with E-state index >= 15 is 0 Å². The summed E-state index contributed by atoms with van der Waals surface area (Å²) < 4.78 is 0. The van der Waals surface area contributed by atoms with E-state index in [1.54, 1.807) is 19.1 Å². The van der Waals surface area contributed by atoms with E-state index in [9.17, 15) is 0 Å². The molecule has 2 nitrogen and oxygen atoms in total. The predicted octanol–water partition coefficient (Wildman–Crippen LogP) is 1.92. The molecule has 0 aliphatic rings. The molecular formula is C10H7N2+. The number of benzene rings is 1. The Kier molecular flexibility index (Phi) is 2.03. The first kappa shape index (κ1) is 8.17. The molecule has 0 saturated carbocycles. The number of hydrogen-bond donors (Lipinski definition) is 0. The molecule has 0 aliphatic carbocycles. The Morgan fingerprint density at radius 2 is 1.75 bits per heavy atom. The Morgan fingerprint density at radius 3 is 2.25 bits per heavy atom. The smallest absolute Gasteiger partial charge is 0.169 e. The summed E-state index contributed by atoms with van der Waals surface area (Å²) in [4.78, 5) is 0. The molecule has 1 aromatic rings. The molecule has 1 rings (SSSR count). The normalized spacial score (nSPS) is 8.58. The van der Waals surface area contributed by atoms with Gasteiger partial charge in [0.2, 0.25) is 0 Å². The number of nitriles is 2. The van der Waals surface area contributed by atoms with Crippen molar-refractivity contribution in [3.8, 4) is 12.1 Å². The van der Waals surface area contributed by atoms with E-state index in [0.717, 1.165) is 5.56 Å². The van der Waals surface area contributed by atoms with Gasteiger partial charge in [0, 0.05) is 13.0 Å². The second-order valence-electron chi connectivity index (χ2n) is 2.55. The lowest BCUT2D eigenvalue weighted by atomic mass is 10.0. The average Bonchev–Trinajstić information content (AvgIpc) is 2.08. The Morgan fingerprint density at radius 1 is 1.17 bits per heavy atom. The zero-order valence-electron chi connectivity index (χ0n) is 6.76. The van der Waals surface area contributed by atoms with Crippen LogP contribution in [0.25, 0.3) is 0 Å². The Hall–Kier alpha value is -1.93. The van der Waals surface area contributed by atoms with Gasteiger partial charge in [-0.1, -0.05) is 0 Å². The lowest BCUT2D eigenvalue weighted by Crippen LogP contribution is -1.88. The van der Waals surface area contributed by atoms with Gasteiger partial charge in [0.15, 0.2) is 11.6 Å². The molecule has 0 unspecified atom stereocenters. The molecule has 0 heterocycles. The van der Waals surface area contributed by atoms with Gasteiger partial charge in [-0.2, -0.15) is 10.5 Å². The molecule has 0 spiro atoms. The second kappa shape index (κ2) is 2.98. The summed E-state index contributed by atoms with van der Waals surface area (Å²) in [6, 6.07) is 7.37. The molecule has 2 heteroatoms. The van der Waals surface area contributed by atoms with Crippen LogP contribution in [0.15, 0.2) is 12.1 Å². The van der Waals surface area contributed by atoms with E-state index in [0.29, 0.717) is 16.7 Å². The van der Waals surface area contributed by atoms with Gasteiger partial charge in [0.05, 0.1) is 6.07 Å². The van der Waals surface area contributed by atoms with Crippen molar-refractivity contribution < 1.29 is 0 Å².